The van der Waals surface area contributed by atoms with Gasteiger partial charge in [-0.3, -0.25) is 19.2 Å². The third-order valence-corrected chi connectivity index (χ3v) is 5.67. The summed E-state index contributed by atoms with van der Waals surface area (Å²) in [6.45, 7) is -1.26. The molecule has 0 saturated carbocycles. The van der Waals surface area contributed by atoms with E-state index in [1.807, 2.05) is 5.32 Å². The largest absolute Gasteiger partial charge is 0.506 e. The fourth-order valence-electron chi connectivity index (χ4n) is 3.75. The molecule has 0 aliphatic heterocycles. The van der Waals surface area contributed by atoms with E-state index in [-0.39, 0.29) is 22.0 Å². The van der Waals surface area contributed by atoms with Gasteiger partial charge in [0.15, 0.2) is 11.3 Å². The van der Waals surface area contributed by atoms with E-state index in [0.29, 0.717) is 10.3 Å². The number of carbonyl (C=O) groups is 3. The van der Waals surface area contributed by atoms with Crippen LogP contribution >= 0.6 is 0 Å². The second-order valence-electron chi connectivity index (χ2n) is 8.29. The molecule has 3 N–H and O–H groups in total. The Morgan fingerprint density at radius 1 is 0.923 bits per heavy atom. The minimum Gasteiger partial charge on any atom is -0.506 e. The number of benzene rings is 3. The van der Waals surface area contributed by atoms with Crippen LogP contribution in [-0.4, -0.2) is 39.1 Å². The number of nitrogens with one attached hydrogen (secondary N) is 1. The zero-order chi connectivity index (χ0) is 28.3. The SMILES string of the molecule is O=C(O)CNC(=O)c1c(O)c2cc(C(=O)c3ccccc3)ccc2n(OCc2ccc(C(F)(F)F)cc2)c1=O. The van der Waals surface area contributed by atoms with Gasteiger partial charge >= 0.3 is 12.1 Å². The van der Waals surface area contributed by atoms with Crippen LogP contribution in [-0.2, 0) is 17.6 Å². The highest BCUT2D eigenvalue weighted by molar-refractivity contribution is 6.11. The first-order valence-corrected chi connectivity index (χ1v) is 11.3. The van der Waals surface area contributed by atoms with Crippen LogP contribution in [0.3, 0.4) is 0 Å². The lowest BCUT2D eigenvalue weighted by molar-refractivity contribution is -0.138. The van der Waals surface area contributed by atoms with Crippen molar-refractivity contribution in [3.8, 4) is 5.75 Å². The normalized spacial score (nSPS) is 11.3. The number of pyridine rings is 1. The van der Waals surface area contributed by atoms with E-state index in [0.717, 1.165) is 24.3 Å². The molecule has 12 heteroatoms. The number of fused-ring (bicyclic) bond motifs is 1. The van der Waals surface area contributed by atoms with Crippen LogP contribution < -0.4 is 15.7 Å². The van der Waals surface area contributed by atoms with Gasteiger partial charge in [0.05, 0.1) is 11.1 Å². The second-order valence-corrected chi connectivity index (χ2v) is 8.29. The third kappa shape index (κ3) is 5.74. The van der Waals surface area contributed by atoms with E-state index in [4.69, 9.17) is 9.94 Å². The number of amides is 1. The van der Waals surface area contributed by atoms with Crippen molar-refractivity contribution in [2.24, 2.45) is 0 Å². The summed E-state index contributed by atoms with van der Waals surface area (Å²) in [5, 5.41) is 21.6. The molecule has 0 aliphatic carbocycles. The zero-order valence-corrected chi connectivity index (χ0v) is 19.9. The Morgan fingerprint density at radius 3 is 2.21 bits per heavy atom. The standard InChI is InChI=1S/C27H19F3N2O7/c28-27(29,30)18-9-6-15(7-10-18)14-39-32-20-11-8-17(23(35)16-4-2-1-3-5-16)12-19(20)24(36)22(26(32)38)25(37)31-13-21(33)34/h1-12,36H,13-14H2,(H,31,37)(H,33,34). The van der Waals surface area contributed by atoms with Gasteiger partial charge in [-0.05, 0) is 35.9 Å². The maximum Gasteiger partial charge on any atom is 0.416 e. The fraction of sp³-hybridized carbons (Fsp3) is 0.111. The number of aromatic hydroxyl groups is 1. The van der Waals surface area contributed by atoms with Crippen LogP contribution in [0, 0.1) is 0 Å². The lowest BCUT2D eigenvalue weighted by Crippen LogP contribution is -2.37. The number of rotatable bonds is 8. The minimum absolute atomic E-state index is 0.0520. The molecule has 1 aromatic heterocycles. The van der Waals surface area contributed by atoms with Gasteiger partial charge in [0, 0.05) is 16.5 Å². The van der Waals surface area contributed by atoms with Crippen molar-refractivity contribution in [3.05, 3.63) is 111 Å². The summed E-state index contributed by atoms with van der Waals surface area (Å²) in [6, 6.07) is 16.1. The Labute approximate surface area is 217 Å². The first-order valence-electron chi connectivity index (χ1n) is 11.3. The fourth-order valence-corrected chi connectivity index (χ4v) is 3.75. The van der Waals surface area contributed by atoms with E-state index in [9.17, 15) is 37.5 Å². The molecule has 0 spiro atoms. The average Bonchev–Trinajstić information content (AvgIpc) is 2.91. The molecular weight excluding hydrogens is 521 g/mol. The number of aromatic nitrogens is 1. The molecule has 9 nitrogen and oxygen atoms in total. The number of carboxylic acid groups (broad SMARTS) is 1. The van der Waals surface area contributed by atoms with Gasteiger partial charge in [0.2, 0.25) is 0 Å². The topological polar surface area (TPSA) is 135 Å². The molecule has 0 unspecified atom stereocenters. The summed E-state index contributed by atoms with van der Waals surface area (Å²) < 4.78 is 39.3. The quantitative estimate of drug-likeness (QED) is 0.292. The Balaban J connectivity index is 1.79. The van der Waals surface area contributed by atoms with Gasteiger partial charge in [-0.15, -0.1) is 4.73 Å². The maximum atomic E-state index is 13.2. The number of halogens is 3. The highest BCUT2D eigenvalue weighted by Crippen LogP contribution is 2.30. The van der Waals surface area contributed by atoms with Crippen LogP contribution in [0.5, 0.6) is 5.75 Å². The number of ketones is 1. The summed E-state index contributed by atoms with van der Waals surface area (Å²) in [6.07, 6.45) is -4.55. The lowest BCUT2D eigenvalue weighted by Gasteiger charge is -2.16. The van der Waals surface area contributed by atoms with Crippen molar-refractivity contribution < 1.29 is 42.6 Å². The molecule has 1 heterocycles. The summed E-state index contributed by atoms with van der Waals surface area (Å²) in [7, 11) is 0. The lowest BCUT2D eigenvalue weighted by atomic mass is 10.0. The Kier molecular flexibility index (Phi) is 7.38. The number of nitrogens with zero attached hydrogens (tertiary/aromatic N) is 1. The first-order chi connectivity index (χ1) is 18.5. The van der Waals surface area contributed by atoms with Gasteiger partial charge in [-0.1, -0.05) is 42.5 Å². The van der Waals surface area contributed by atoms with Crippen molar-refractivity contribution >= 4 is 28.6 Å². The van der Waals surface area contributed by atoms with Crippen LogP contribution in [0.25, 0.3) is 10.9 Å². The number of hydrogen-bond acceptors (Lipinski definition) is 6. The molecule has 1 amide bonds. The van der Waals surface area contributed by atoms with Crippen molar-refractivity contribution in [1.82, 2.24) is 10.0 Å². The summed E-state index contributed by atoms with van der Waals surface area (Å²) in [4.78, 5) is 55.2. The van der Waals surface area contributed by atoms with Crippen molar-refractivity contribution in [2.75, 3.05) is 6.54 Å². The molecule has 4 rings (SSSR count). The molecule has 0 radical (unpaired) electrons. The van der Waals surface area contributed by atoms with Gasteiger partial charge in [-0.25, -0.2) is 0 Å². The van der Waals surface area contributed by atoms with E-state index in [2.05, 4.69) is 0 Å². The van der Waals surface area contributed by atoms with Crippen LogP contribution in [0.4, 0.5) is 13.2 Å². The molecule has 200 valence electrons. The predicted octanol–water partition coefficient (Wildman–Crippen LogP) is 3.40. The smallest absolute Gasteiger partial charge is 0.416 e. The number of aliphatic carboxylic acids is 1. The Hall–Kier alpha value is -5.13. The van der Waals surface area contributed by atoms with Crippen LogP contribution in [0.2, 0.25) is 0 Å². The van der Waals surface area contributed by atoms with Crippen molar-refractivity contribution in [3.63, 3.8) is 0 Å². The van der Waals surface area contributed by atoms with Crippen molar-refractivity contribution in [2.45, 2.75) is 12.8 Å². The van der Waals surface area contributed by atoms with Gasteiger partial charge in [0.1, 0.15) is 18.9 Å². The summed E-state index contributed by atoms with van der Waals surface area (Å²) >= 11 is 0. The predicted molar refractivity (Wildman–Crippen MR) is 131 cm³/mol. The first kappa shape index (κ1) is 26.9. The molecule has 0 fully saturated rings. The number of hydrogen-bond donors (Lipinski definition) is 3. The molecule has 0 atom stereocenters. The minimum atomic E-state index is -4.55. The van der Waals surface area contributed by atoms with Crippen molar-refractivity contribution in [1.29, 1.82) is 0 Å². The summed E-state index contributed by atoms with van der Waals surface area (Å²) in [5.41, 5.74) is -2.24. The highest BCUT2D eigenvalue weighted by Gasteiger charge is 2.30. The Morgan fingerprint density at radius 2 is 1.59 bits per heavy atom. The molecule has 3 aromatic carbocycles. The van der Waals surface area contributed by atoms with E-state index >= 15 is 0 Å². The maximum absolute atomic E-state index is 13.2. The van der Waals surface area contributed by atoms with Gasteiger partial charge in [0.25, 0.3) is 11.5 Å². The monoisotopic (exact) mass is 540 g/mol. The molecule has 4 aromatic rings. The highest BCUT2D eigenvalue weighted by atomic mass is 19.4. The Bertz CT molecular complexity index is 1630. The molecule has 0 aliphatic rings. The summed E-state index contributed by atoms with van der Waals surface area (Å²) in [5.74, 6) is -3.85. The number of carboxylic acids is 1. The van der Waals surface area contributed by atoms with Gasteiger partial charge < -0.3 is 20.4 Å². The van der Waals surface area contributed by atoms with Crippen LogP contribution in [0.1, 0.15) is 37.4 Å². The number of alkyl halides is 3. The van der Waals surface area contributed by atoms with Crippen LogP contribution in [0.15, 0.2) is 77.6 Å². The van der Waals surface area contributed by atoms with Gasteiger partial charge in [-0.2, -0.15) is 13.2 Å². The number of carbonyl (C=O) groups excluding carboxylic acids is 2. The van der Waals surface area contributed by atoms with E-state index in [1.54, 1.807) is 30.3 Å². The molecule has 0 bridgehead atoms. The molecule has 39 heavy (non-hydrogen) atoms. The second kappa shape index (κ2) is 10.7. The molecule has 0 saturated heterocycles. The van der Waals surface area contributed by atoms with E-state index < -0.39 is 59.4 Å². The van der Waals surface area contributed by atoms with E-state index in [1.165, 1.54) is 18.2 Å². The third-order valence-electron chi connectivity index (χ3n) is 5.67. The molecular formula is C27H19F3N2O7. The zero-order valence-electron chi connectivity index (χ0n) is 19.9. The average molecular weight is 540 g/mol.